The molecule has 0 aromatic rings. The molecule has 0 saturated heterocycles. The molecule has 0 N–H and O–H groups in total. The number of unbranched alkanes of at least 4 members (excludes halogenated alkanes) is 1. The number of hydrogen-bond donors (Lipinski definition) is 0. The van der Waals surface area contributed by atoms with Crippen LogP contribution in [0.2, 0.25) is 0 Å². The molecule has 0 aliphatic rings. The Morgan fingerprint density at radius 1 is 1.50 bits per heavy atom. The largest absolute Gasteiger partial charge is 0.442 e. The van der Waals surface area contributed by atoms with Gasteiger partial charge in [0.2, 0.25) is 0 Å². The Morgan fingerprint density at radius 2 is 2.08 bits per heavy atom. The minimum absolute atomic E-state index is 0.444. The van der Waals surface area contributed by atoms with Gasteiger partial charge in [-0.25, -0.2) is 4.79 Å². The summed E-state index contributed by atoms with van der Waals surface area (Å²) in [5.41, 5.74) is -0.444. The van der Waals surface area contributed by atoms with Crippen molar-refractivity contribution in [2.24, 2.45) is 4.99 Å². The van der Waals surface area contributed by atoms with Crippen molar-refractivity contribution >= 4 is 12.3 Å². The first-order valence-corrected chi connectivity index (χ1v) is 4.21. The number of aliphatic imine (C=N–C) groups is 1. The molecule has 3 heteroatoms. The summed E-state index contributed by atoms with van der Waals surface area (Å²) in [4.78, 5) is 14.5. The quantitative estimate of drug-likeness (QED) is 0.599. The fraction of sp³-hybridized carbons (Fsp3) is 0.778. The topological polar surface area (TPSA) is 38.7 Å². The second-order valence-electron chi connectivity index (χ2n) is 3.58. The Labute approximate surface area is 73.8 Å². The molecule has 0 fully saturated rings. The van der Waals surface area contributed by atoms with Crippen LogP contribution in [-0.2, 0) is 4.74 Å². The molecule has 0 spiro atoms. The maximum Gasteiger partial charge on any atom is 0.433 e. The highest BCUT2D eigenvalue weighted by molar-refractivity contribution is 5.79. The third-order valence-corrected chi connectivity index (χ3v) is 1.01. The average molecular weight is 171 g/mol. The summed E-state index contributed by atoms with van der Waals surface area (Å²) >= 11 is 0. The SMILES string of the molecule is CCCC=NC(=O)OC(C)(C)C. The van der Waals surface area contributed by atoms with Gasteiger partial charge in [0.25, 0.3) is 0 Å². The van der Waals surface area contributed by atoms with Crippen molar-refractivity contribution in [1.82, 2.24) is 0 Å². The van der Waals surface area contributed by atoms with Gasteiger partial charge in [-0.2, -0.15) is 4.99 Å². The van der Waals surface area contributed by atoms with Crippen molar-refractivity contribution < 1.29 is 9.53 Å². The Morgan fingerprint density at radius 3 is 2.50 bits per heavy atom. The van der Waals surface area contributed by atoms with E-state index in [2.05, 4.69) is 4.99 Å². The van der Waals surface area contributed by atoms with Crippen LogP contribution in [0.1, 0.15) is 40.5 Å². The molecule has 0 saturated carbocycles. The lowest BCUT2D eigenvalue weighted by Crippen LogP contribution is -2.21. The molecule has 0 aromatic carbocycles. The smallest absolute Gasteiger partial charge is 0.433 e. The molecule has 3 nitrogen and oxygen atoms in total. The van der Waals surface area contributed by atoms with Crippen LogP contribution in [0.25, 0.3) is 0 Å². The Kier molecular flexibility index (Phi) is 4.55. The molecule has 0 heterocycles. The van der Waals surface area contributed by atoms with Gasteiger partial charge in [-0.1, -0.05) is 13.3 Å². The monoisotopic (exact) mass is 171 g/mol. The van der Waals surface area contributed by atoms with Crippen LogP contribution in [0.3, 0.4) is 0 Å². The second kappa shape index (κ2) is 4.91. The first kappa shape index (κ1) is 11.1. The molecule has 0 aliphatic heterocycles. The second-order valence-corrected chi connectivity index (χ2v) is 3.58. The van der Waals surface area contributed by atoms with Gasteiger partial charge < -0.3 is 4.74 Å². The molecule has 0 unspecified atom stereocenters. The lowest BCUT2D eigenvalue weighted by Gasteiger charge is -2.16. The van der Waals surface area contributed by atoms with Gasteiger partial charge in [0.1, 0.15) is 5.60 Å². The van der Waals surface area contributed by atoms with E-state index in [-0.39, 0.29) is 0 Å². The summed E-state index contributed by atoms with van der Waals surface area (Å²) in [5, 5.41) is 0. The molecule has 0 rings (SSSR count). The molecule has 0 radical (unpaired) electrons. The lowest BCUT2D eigenvalue weighted by atomic mass is 10.2. The van der Waals surface area contributed by atoms with Crippen molar-refractivity contribution in [1.29, 1.82) is 0 Å². The first-order valence-electron chi connectivity index (χ1n) is 4.21. The molecule has 1 amide bonds. The van der Waals surface area contributed by atoms with Crippen LogP contribution in [0.5, 0.6) is 0 Å². The van der Waals surface area contributed by atoms with Gasteiger partial charge >= 0.3 is 6.09 Å². The van der Waals surface area contributed by atoms with Gasteiger partial charge in [-0.15, -0.1) is 0 Å². The fourth-order valence-electron chi connectivity index (χ4n) is 0.556. The van der Waals surface area contributed by atoms with Gasteiger partial charge in [0.15, 0.2) is 0 Å². The molecule has 12 heavy (non-hydrogen) atoms. The number of rotatable bonds is 2. The molecular weight excluding hydrogens is 154 g/mol. The Balaban J connectivity index is 3.75. The first-order chi connectivity index (χ1) is 5.45. The van der Waals surface area contributed by atoms with E-state index in [1.807, 2.05) is 27.7 Å². The van der Waals surface area contributed by atoms with E-state index in [4.69, 9.17) is 4.74 Å². The molecular formula is C9H17NO2. The Bertz CT molecular complexity index is 168. The van der Waals surface area contributed by atoms with E-state index in [1.54, 1.807) is 6.21 Å². The standard InChI is InChI=1S/C9H17NO2/c1-5-6-7-10-8(11)12-9(2,3)4/h7H,5-6H2,1-4H3. The normalized spacial score (nSPS) is 12.0. The Hall–Kier alpha value is -0.860. The number of nitrogens with zero attached hydrogens (tertiary/aromatic N) is 1. The van der Waals surface area contributed by atoms with E-state index in [0.717, 1.165) is 12.8 Å². The van der Waals surface area contributed by atoms with E-state index in [1.165, 1.54) is 0 Å². The minimum Gasteiger partial charge on any atom is -0.442 e. The van der Waals surface area contributed by atoms with Crippen molar-refractivity contribution in [2.45, 2.75) is 46.1 Å². The minimum atomic E-state index is -0.504. The number of amides is 1. The van der Waals surface area contributed by atoms with Crippen molar-refractivity contribution in [3.63, 3.8) is 0 Å². The molecule has 0 aromatic heterocycles. The van der Waals surface area contributed by atoms with Gasteiger partial charge in [-0.3, -0.25) is 0 Å². The predicted molar refractivity (Wildman–Crippen MR) is 49.6 cm³/mol. The van der Waals surface area contributed by atoms with Gasteiger partial charge in [0, 0.05) is 6.21 Å². The molecule has 0 aliphatic carbocycles. The van der Waals surface area contributed by atoms with Crippen molar-refractivity contribution in [3.8, 4) is 0 Å². The van der Waals surface area contributed by atoms with Crippen LogP contribution < -0.4 is 0 Å². The van der Waals surface area contributed by atoms with Crippen LogP contribution in [0.15, 0.2) is 4.99 Å². The third kappa shape index (κ3) is 7.25. The number of ether oxygens (including phenoxy) is 1. The summed E-state index contributed by atoms with van der Waals surface area (Å²) in [5.74, 6) is 0. The lowest BCUT2D eigenvalue weighted by molar-refractivity contribution is 0.0605. The highest BCUT2D eigenvalue weighted by Crippen LogP contribution is 2.07. The summed E-state index contributed by atoms with van der Waals surface area (Å²) in [6, 6.07) is 0. The molecule has 70 valence electrons. The highest BCUT2D eigenvalue weighted by Gasteiger charge is 2.14. The third-order valence-electron chi connectivity index (χ3n) is 1.01. The summed E-state index contributed by atoms with van der Waals surface area (Å²) in [6.45, 7) is 7.49. The van der Waals surface area contributed by atoms with Crippen LogP contribution >= 0.6 is 0 Å². The van der Waals surface area contributed by atoms with Crippen molar-refractivity contribution in [2.75, 3.05) is 0 Å². The van der Waals surface area contributed by atoms with Crippen LogP contribution in [-0.4, -0.2) is 17.9 Å². The zero-order valence-electron chi connectivity index (χ0n) is 8.26. The zero-order chi connectivity index (χ0) is 9.61. The summed E-state index contributed by atoms with van der Waals surface area (Å²) < 4.78 is 4.95. The van der Waals surface area contributed by atoms with Gasteiger partial charge in [-0.05, 0) is 27.2 Å². The van der Waals surface area contributed by atoms with E-state index >= 15 is 0 Å². The van der Waals surface area contributed by atoms with E-state index in [0.29, 0.717) is 0 Å². The van der Waals surface area contributed by atoms with Crippen LogP contribution in [0.4, 0.5) is 4.79 Å². The number of carbonyl (C=O) groups excluding carboxylic acids is 1. The summed E-state index contributed by atoms with van der Waals surface area (Å²) in [6.07, 6.45) is 2.90. The van der Waals surface area contributed by atoms with E-state index in [9.17, 15) is 4.79 Å². The van der Waals surface area contributed by atoms with Gasteiger partial charge in [0.05, 0.1) is 0 Å². The molecule has 0 bridgehead atoms. The predicted octanol–water partition coefficient (Wildman–Crippen LogP) is 2.79. The summed E-state index contributed by atoms with van der Waals surface area (Å²) in [7, 11) is 0. The fourth-order valence-corrected chi connectivity index (χ4v) is 0.556. The average Bonchev–Trinajstić information content (AvgIpc) is 1.84. The maximum atomic E-state index is 10.9. The highest BCUT2D eigenvalue weighted by atomic mass is 16.6. The van der Waals surface area contributed by atoms with E-state index < -0.39 is 11.7 Å². The van der Waals surface area contributed by atoms with Crippen LogP contribution in [0, 0.1) is 0 Å². The molecule has 0 atom stereocenters. The van der Waals surface area contributed by atoms with Crippen molar-refractivity contribution in [3.05, 3.63) is 0 Å². The zero-order valence-corrected chi connectivity index (χ0v) is 8.26. The maximum absolute atomic E-state index is 10.9. The number of hydrogen-bond acceptors (Lipinski definition) is 2. The number of carbonyl (C=O) groups is 1.